The summed E-state index contributed by atoms with van der Waals surface area (Å²) in [6.45, 7) is 2.06. The molecular weight excluding hydrogens is 203 g/mol. The topological polar surface area (TPSA) is 17.8 Å². The normalized spacial score (nSPS) is 9.50. The van der Waals surface area contributed by atoms with E-state index in [-0.39, 0.29) is 29.6 Å². The molecule has 0 saturated heterocycles. The standard InChI is InChI=1S/C10H10N2S.Na/c1-8-4-2-3-5-9(8)12-7-6-11-10(12)13;/h2-7H,1H3,(H,11,13);/q;+1/p-1. The molecule has 0 aliphatic heterocycles. The maximum absolute atomic E-state index is 5.08. The fourth-order valence-corrected chi connectivity index (χ4v) is 1.53. The van der Waals surface area contributed by atoms with E-state index in [1.54, 1.807) is 6.20 Å². The van der Waals surface area contributed by atoms with Crippen LogP contribution in [-0.2, 0) is 12.6 Å². The van der Waals surface area contributed by atoms with Gasteiger partial charge in [0.15, 0.2) is 0 Å². The molecule has 0 atom stereocenters. The molecule has 0 fully saturated rings. The minimum absolute atomic E-state index is 0. The summed E-state index contributed by atoms with van der Waals surface area (Å²) in [6.07, 6.45) is 3.60. The molecule has 0 N–H and O–H groups in total. The average Bonchev–Trinajstić information content (AvgIpc) is 2.52. The molecule has 2 rings (SSSR count). The molecule has 0 amide bonds. The van der Waals surface area contributed by atoms with Gasteiger partial charge in [0, 0.05) is 18.1 Å². The van der Waals surface area contributed by atoms with Gasteiger partial charge in [-0.2, -0.15) is 0 Å². The number of imidazole rings is 1. The quantitative estimate of drug-likeness (QED) is 0.450. The van der Waals surface area contributed by atoms with E-state index in [2.05, 4.69) is 18.0 Å². The number of aromatic nitrogens is 2. The third-order valence-corrected chi connectivity index (χ3v) is 2.28. The molecule has 4 heteroatoms. The van der Waals surface area contributed by atoms with Gasteiger partial charge in [0.25, 0.3) is 0 Å². The van der Waals surface area contributed by atoms with Gasteiger partial charge in [0.2, 0.25) is 0 Å². The van der Waals surface area contributed by atoms with E-state index < -0.39 is 0 Å². The van der Waals surface area contributed by atoms with Gasteiger partial charge in [0.1, 0.15) is 0 Å². The predicted octanol–water partition coefficient (Wildman–Crippen LogP) is -0.909. The zero-order valence-corrected chi connectivity index (χ0v) is 11.1. The van der Waals surface area contributed by atoms with Crippen LogP contribution in [-0.4, -0.2) is 9.55 Å². The summed E-state index contributed by atoms with van der Waals surface area (Å²) in [4.78, 5) is 4.01. The zero-order chi connectivity index (χ0) is 9.26. The molecule has 1 heterocycles. The number of para-hydroxylation sites is 1. The summed E-state index contributed by atoms with van der Waals surface area (Å²) in [7, 11) is 0. The molecule has 0 saturated carbocycles. The van der Waals surface area contributed by atoms with Gasteiger partial charge in [-0.05, 0) is 23.7 Å². The van der Waals surface area contributed by atoms with Crippen molar-refractivity contribution in [1.29, 1.82) is 0 Å². The summed E-state index contributed by atoms with van der Waals surface area (Å²) in [5.41, 5.74) is 2.30. The number of rotatable bonds is 1. The van der Waals surface area contributed by atoms with E-state index in [4.69, 9.17) is 12.6 Å². The van der Waals surface area contributed by atoms with Gasteiger partial charge in [-0.25, -0.2) is 0 Å². The van der Waals surface area contributed by atoms with Crippen LogP contribution in [0.15, 0.2) is 41.8 Å². The Hall–Kier alpha value is -0.350. The first-order valence-electron chi connectivity index (χ1n) is 4.05. The Morgan fingerprint density at radius 1 is 1.29 bits per heavy atom. The molecule has 0 spiro atoms. The molecule has 2 aromatic rings. The van der Waals surface area contributed by atoms with Crippen molar-refractivity contribution in [2.24, 2.45) is 0 Å². The van der Waals surface area contributed by atoms with Crippen LogP contribution < -0.4 is 29.6 Å². The molecule has 1 aromatic carbocycles. The number of aryl methyl sites for hydroxylation is 1. The third-order valence-electron chi connectivity index (χ3n) is 1.98. The molecule has 0 bridgehead atoms. The Morgan fingerprint density at radius 2 is 2.00 bits per heavy atom. The molecule has 1 aromatic heterocycles. The van der Waals surface area contributed by atoms with Gasteiger partial charge in [0.05, 0.1) is 0 Å². The molecular formula is C10H9N2NaS. The number of nitrogens with zero attached hydrogens (tertiary/aromatic N) is 2. The second kappa shape index (κ2) is 4.94. The monoisotopic (exact) mass is 212 g/mol. The largest absolute Gasteiger partial charge is 1.00 e. The Kier molecular flexibility index (Phi) is 4.13. The zero-order valence-electron chi connectivity index (χ0n) is 8.27. The molecule has 0 unspecified atom stereocenters. The van der Waals surface area contributed by atoms with Gasteiger partial charge in [-0.15, -0.1) is 0 Å². The van der Waals surface area contributed by atoms with Crippen molar-refractivity contribution in [2.45, 2.75) is 12.1 Å². The Labute approximate surface area is 111 Å². The number of benzene rings is 1. The maximum Gasteiger partial charge on any atom is 1.00 e. The van der Waals surface area contributed by atoms with Crippen molar-refractivity contribution >= 4 is 12.6 Å². The third kappa shape index (κ3) is 2.17. The fraction of sp³-hybridized carbons (Fsp3) is 0.100. The van der Waals surface area contributed by atoms with Crippen molar-refractivity contribution < 1.29 is 29.6 Å². The Balaban J connectivity index is 0.000000980. The number of hydrogen-bond donors (Lipinski definition) is 0. The fourth-order valence-electron chi connectivity index (χ4n) is 1.31. The summed E-state index contributed by atoms with van der Waals surface area (Å²) in [6, 6.07) is 8.10. The molecule has 0 aliphatic carbocycles. The summed E-state index contributed by atoms with van der Waals surface area (Å²) >= 11 is 5.08. The van der Waals surface area contributed by atoms with Crippen LogP contribution >= 0.6 is 0 Å². The van der Waals surface area contributed by atoms with Crippen LogP contribution in [0.4, 0.5) is 0 Å². The van der Waals surface area contributed by atoms with E-state index >= 15 is 0 Å². The van der Waals surface area contributed by atoms with E-state index in [1.807, 2.05) is 29.0 Å². The van der Waals surface area contributed by atoms with Gasteiger partial charge in [-0.1, -0.05) is 18.2 Å². The van der Waals surface area contributed by atoms with Gasteiger partial charge >= 0.3 is 29.6 Å². The van der Waals surface area contributed by atoms with Crippen molar-refractivity contribution in [3.63, 3.8) is 0 Å². The van der Waals surface area contributed by atoms with Crippen molar-refractivity contribution in [1.82, 2.24) is 9.55 Å². The van der Waals surface area contributed by atoms with Gasteiger partial charge < -0.3 is 17.2 Å². The SMILES string of the molecule is Cc1ccccc1-n1ccnc1[S-].[Na+]. The van der Waals surface area contributed by atoms with Gasteiger partial charge in [-0.3, -0.25) is 4.98 Å². The Bertz CT molecular complexity index is 426. The molecule has 0 radical (unpaired) electrons. The van der Waals surface area contributed by atoms with Crippen LogP contribution in [0, 0.1) is 6.92 Å². The van der Waals surface area contributed by atoms with Crippen LogP contribution in [0.2, 0.25) is 0 Å². The van der Waals surface area contributed by atoms with Crippen molar-refractivity contribution in [3.05, 3.63) is 42.2 Å². The molecule has 14 heavy (non-hydrogen) atoms. The van der Waals surface area contributed by atoms with E-state index in [0.29, 0.717) is 5.16 Å². The first-order valence-corrected chi connectivity index (χ1v) is 4.46. The smallest absolute Gasteiger partial charge is 0.742 e. The van der Waals surface area contributed by atoms with Crippen LogP contribution in [0.5, 0.6) is 0 Å². The molecule has 66 valence electrons. The summed E-state index contributed by atoms with van der Waals surface area (Å²) in [5.74, 6) is 0. The van der Waals surface area contributed by atoms with Crippen molar-refractivity contribution in [3.8, 4) is 5.69 Å². The van der Waals surface area contributed by atoms with E-state index in [9.17, 15) is 0 Å². The first-order chi connectivity index (χ1) is 6.29. The number of hydrogen-bond acceptors (Lipinski definition) is 2. The summed E-state index contributed by atoms with van der Waals surface area (Å²) < 4.78 is 1.91. The van der Waals surface area contributed by atoms with Crippen molar-refractivity contribution in [2.75, 3.05) is 0 Å². The summed E-state index contributed by atoms with van der Waals surface area (Å²) in [5, 5.41) is 0.606. The minimum atomic E-state index is 0. The predicted molar refractivity (Wildman–Crippen MR) is 53.9 cm³/mol. The van der Waals surface area contributed by atoms with Crippen LogP contribution in [0.25, 0.3) is 5.69 Å². The van der Waals surface area contributed by atoms with Crippen LogP contribution in [0.3, 0.4) is 0 Å². The van der Waals surface area contributed by atoms with E-state index in [1.165, 1.54) is 5.56 Å². The second-order valence-corrected chi connectivity index (χ2v) is 3.23. The first kappa shape index (κ1) is 11.7. The van der Waals surface area contributed by atoms with Crippen LogP contribution in [0.1, 0.15) is 5.56 Å². The second-order valence-electron chi connectivity index (χ2n) is 2.87. The Morgan fingerprint density at radius 3 is 2.57 bits per heavy atom. The molecule has 0 aliphatic rings. The maximum atomic E-state index is 5.08. The minimum Gasteiger partial charge on any atom is -0.742 e. The average molecular weight is 212 g/mol. The van der Waals surface area contributed by atoms with E-state index in [0.717, 1.165) is 5.69 Å². The molecule has 2 nitrogen and oxygen atoms in total.